The molecule has 1 rings (SSSR count). The SMILES string of the molecule is C[C@@H]1CS(=O)(=O)N[C@@H]1C.[HH]. The Bertz CT molecular complexity index is 186. The highest BCUT2D eigenvalue weighted by Crippen LogP contribution is 2.13. The van der Waals surface area contributed by atoms with Crippen LogP contribution in [-0.4, -0.2) is 20.2 Å². The summed E-state index contributed by atoms with van der Waals surface area (Å²) in [4.78, 5) is 0. The maximum Gasteiger partial charge on any atom is 0.212 e. The average molecular weight is 151 g/mol. The lowest BCUT2D eigenvalue weighted by molar-refractivity contribution is 0.536. The summed E-state index contributed by atoms with van der Waals surface area (Å²) in [5, 5.41) is 0. The molecule has 9 heavy (non-hydrogen) atoms. The van der Waals surface area contributed by atoms with E-state index in [1.807, 2.05) is 13.8 Å². The highest BCUT2D eigenvalue weighted by Gasteiger charge is 2.30. The molecule has 0 aliphatic carbocycles. The Morgan fingerprint density at radius 3 is 2.22 bits per heavy atom. The van der Waals surface area contributed by atoms with E-state index in [1.165, 1.54) is 0 Å². The molecule has 1 fully saturated rings. The summed E-state index contributed by atoms with van der Waals surface area (Å²) in [5.41, 5.74) is 0. The van der Waals surface area contributed by atoms with Crippen molar-refractivity contribution in [3.05, 3.63) is 0 Å². The third-order valence-electron chi connectivity index (χ3n) is 1.70. The molecule has 0 aromatic carbocycles. The molecule has 0 aromatic rings. The Balaban J connectivity index is 0.000000810. The minimum atomic E-state index is -2.89. The molecular weight excluding hydrogens is 138 g/mol. The van der Waals surface area contributed by atoms with Gasteiger partial charge in [-0.2, -0.15) is 0 Å². The Kier molecular flexibility index (Phi) is 1.52. The number of hydrogen-bond acceptors (Lipinski definition) is 2. The van der Waals surface area contributed by atoms with Crippen molar-refractivity contribution in [1.82, 2.24) is 4.72 Å². The van der Waals surface area contributed by atoms with Crippen molar-refractivity contribution in [1.29, 1.82) is 0 Å². The largest absolute Gasteiger partial charge is 0.212 e. The Morgan fingerprint density at radius 1 is 1.56 bits per heavy atom. The molecule has 1 aliphatic heterocycles. The van der Waals surface area contributed by atoms with Gasteiger partial charge in [-0.25, -0.2) is 13.1 Å². The lowest BCUT2D eigenvalue weighted by Crippen LogP contribution is -2.24. The summed E-state index contributed by atoms with van der Waals surface area (Å²) in [5.74, 6) is 0.545. The second-order valence-corrected chi connectivity index (χ2v) is 4.46. The van der Waals surface area contributed by atoms with E-state index in [1.54, 1.807) is 0 Å². The summed E-state index contributed by atoms with van der Waals surface area (Å²) in [6.07, 6.45) is 0. The molecular formula is C5H13NO2S. The molecule has 0 radical (unpaired) electrons. The van der Waals surface area contributed by atoms with Crippen LogP contribution < -0.4 is 4.72 Å². The van der Waals surface area contributed by atoms with E-state index < -0.39 is 10.0 Å². The van der Waals surface area contributed by atoms with Crippen LogP contribution in [0.25, 0.3) is 0 Å². The molecule has 3 nitrogen and oxygen atoms in total. The van der Waals surface area contributed by atoms with Crippen molar-refractivity contribution in [2.75, 3.05) is 5.75 Å². The van der Waals surface area contributed by atoms with Crippen LogP contribution in [0.5, 0.6) is 0 Å². The standard InChI is InChI=1S/C5H11NO2S.H2/c1-4-3-9(7,8)6-5(4)2;/h4-6H,3H2,1-2H3;1H/t4-,5-;/m1./s1. The Morgan fingerprint density at radius 2 is 2.11 bits per heavy atom. The average Bonchev–Trinajstić information content (AvgIpc) is 1.79. The van der Waals surface area contributed by atoms with Gasteiger partial charge < -0.3 is 0 Å². The topological polar surface area (TPSA) is 46.2 Å². The van der Waals surface area contributed by atoms with Gasteiger partial charge in [-0.05, 0) is 12.8 Å². The zero-order chi connectivity index (χ0) is 7.07. The van der Waals surface area contributed by atoms with E-state index in [0.29, 0.717) is 0 Å². The zero-order valence-electron chi connectivity index (χ0n) is 5.59. The quantitative estimate of drug-likeness (QED) is 0.537. The van der Waals surface area contributed by atoms with Crippen molar-refractivity contribution < 1.29 is 9.84 Å². The summed E-state index contributed by atoms with van der Waals surface area (Å²) >= 11 is 0. The first-order chi connectivity index (χ1) is 4.01. The molecule has 0 saturated carbocycles. The third-order valence-corrected chi connectivity index (χ3v) is 3.40. The van der Waals surface area contributed by atoms with E-state index in [2.05, 4.69) is 4.72 Å². The van der Waals surface area contributed by atoms with E-state index in [9.17, 15) is 8.42 Å². The fourth-order valence-electron chi connectivity index (χ4n) is 0.938. The van der Waals surface area contributed by atoms with Crippen molar-refractivity contribution in [3.63, 3.8) is 0 Å². The normalized spacial score (nSPS) is 41.1. The molecule has 0 aromatic heterocycles. The number of hydrogen-bond donors (Lipinski definition) is 1. The van der Waals surface area contributed by atoms with Crippen LogP contribution in [0.2, 0.25) is 0 Å². The van der Waals surface area contributed by atoms with Crippen molar-refractivity contribution in [3.8, 4) is 0 Å². The molecule has 2 atom stereocenters. The minimum absolute atomic E-state index is 0. The van der Waals surface area contributed by atoms with Gasteiger partial charge in [0, 0.05) is 7.47 Å². The van der Waals surface area contributed by atoms with Crippen LogP contribution in [0.15, 0.2) is 0 Å². The second kappa shape index (κ2) is 1.95. The first kappa shape index (κ1) is 7.02. The lowest BCUT2D eigenvalue weighted by Gasteiger charge is -2.02. The van der Waals surface area contributed by atoms with Gasteiger partial charge in [-0.15, -0.1) is 0 Å². The van der Waals surface area contributed by atoms with E-state index in [-0.39, 0.29) is 19.1 Å². The summed E-state index contributed by atoms with van der Waals surface area (Å²) in [7, 11) is -2.89. The third kappa shape index (κ3) is 1.43. The second-order valence-electron chi connectivity index (χ2n) is 2.67. The van der Waals surface area contributed by atoms with Crippen molar-refractivity contribution in [2.45, 2.75) is 19.9 Å². The van der Waals surface area contributed by atoms with Gasteiger partial charge >= 0.3 is 0 Å². The van der Waals surface area contributed by atoms with Crippen LogP contribution in [0.1, 0.15) is 15.3 Å². The number of nitrogens with one attached hydrogen (secondary N) is 1. The summed E-state index contributed by atoms with van der Waals surface area (Å²) in [6.45, 7) is 3.82. The van der Waals surface area contributed by atoms with Crippen molar-refractivity contribution >= 4 is 10.0 Å². The maximum atomic E-state index is 10.7. The lowest BCUT2D eigenvalue weighted by atomic mass is 10.1. The first-order valence-corrected chi connectivity index (χ1v) is 4.66. The smallest absolute Gasteiger partial charge is 0.212 e. The zero-order valence-corrected chi connectivity index (χ0v) is 6.40. The van der Waals surface area contributed by atoms with Gasteiger partial charge in [0.25, 0.3) is 0 Å². The van der Waals surface area contributed by atoms with Gasteiger partial charge in [-0.1, -0.05) is 6.92 Å². The highest BCUT2D eigenvalue weighted by atomic mass is 32.2. The van der Waals surface area contributed by atoms with Crippen LogP contribution in [0, 0.1) is 5.92 Å². The molecule has 0 spiro atoms. The predicted octanol–water partition coefficient (Wildman–Crippen LogP) is 0.190. The summed E-state index contributed by atoms with van der Waals surface area (Å²) in [6, 6.07) is 0.120. The van der Waals surface area contributed by atoms with Gasteiger partial charge in [0.05, 0.1) is 5.75 Å². The Labute approximate surface area is 57.0 Å². The maximum absolute atomic E-state index is 10.7. The molecule has 0 unspecified atom stereocenters. The van der Waals surface area contributed by atoms with E-state index in [4.69, 9.17) is 0 Å². The van der Waals surface area contributed by atoms with Crippen LogP contribution in [0.4, 0.5) is 0 Å². The number of sulfonamides is 1. The van der Waals surface area contributed by atoms with Crippen molar-refractivity contribution in [2.24, 2.45) is 5.92 Å². The molecule has 1 N–H and O–H groups in total. The van der Waals surface area contributed by atoms with E-state index in [0.717, 1.165) is 0 Å². The van der Waals surface area contributed by atoms with Gasteiger partial charge in [0.1, 0.15) is 0 Å². The molecule has 0 amide bonds. The first-order valence-electron chi connectivity index (χ1n) is 3.01. The minimum Gasteiger partial charge on any atom is -0.212 e. The van der Waals surface area contributed by atoms with Crippen LogP contribution in [-0.2, 0) is 10.0 Å². The predicted molar refractivity (Wildman–Crippen MR) is 37.7 cm³/mol. The Hall–Kier alpha value is -0.0900. The molecule has 4 heteroatoms. The summed E-state index contributed by atoms with van der Waals surface area (Å²) < 4.78 is 24.0. The van der Waals surface area contributed by atoms with Crippen LogP contribution in [0.3, 0.4) is 0 Å². The molecule has 1 heterocycles. The molecule has 1 aliphatic rings. The molecule has 56 valence electrons. The number of rotatable bonds is 0. The van der Waals surface area contributed by atoms with Gasteiger partial charge in [-0.3, -0.25) is 0 Å². The van der Waals surface area contributed by atoms with Crippen LogP contribution >= 0.6 is 0 Å². The molecule has 1 saturated heterocycles. The fourth-order valence-corrected chi connectivity index (χ4v) is 2.81. The highest BCUT2D eigenvalue weighted by molar-refractivity contribution is 7.89. The van der Waals surface area contributed by atoms with Gasteiger partial charge in [0.15, 0.2) is 0 Å². The van der Waals surface area contributed by atoms with E-state index >= 15 is 0 Å². The monoisotopic (exact) mass is 151 g/mol. The van der Waals surface area contributed by atoms with Gasteiger partial charge in [0.2, 0.25) is 10.0 Å². The fraction of sp³-hybridized carbons (Fsp3) is 1.00. The molecule has 0 bridgehead atoms.